The van der Waals surface area contributed by atoms with Crippen LogP contribution in [0.5, 0.6) is 0 Å². The number of hydrogen-bond donors (Lipinski definition) is 2. The number of hydrogen-bond acceptors (Lipinski definition) is 2. The monoisotopic (exact) mass is 250 g/mol. The first-order chi connectivity index (χ1) is 8.15. The van der Waals surface area contributed by atoms with Gasteiger partial charge in [0.05, 0.1) is 0 Å². The molecule has 2 aliphatic rings. The average molecular weight is 251 g/mol. The Morgan fingerprint density at radius 1 is 1.24 bits per heavy atom. The van der Waals surface area contributed by atoms with Crippen molar-refractivity contribution in [3.05, 3.63) is 34.3 Å². The van der Waals surface area contributed by atoms with Crippen LogP contribution in [-0.2, 0) is 17.6 Å². The molecule has 1 aliphatic carbocycles. The molecule has 1 aromatic carbocycles. The molecule has 1 saturated heterocycles. The van der Waals surface area contributed by atoms with E-state index < -0.39 is 12.1 Å². The number of benzene rings is 1. The van der Waals surface area contributed by atoms with Crippen molar-refractivity contribution in [2.24, 2.45) is 5.92 Å². The van der Waals surface area contributed by atoms with Gasteiger partial charge in [-0.25, -0.2) is 4.79 Å². The van der Waals surface area contributed by atoms with Gasteiger partial charge in [0, 0.05) is 5.02 Å². The Morgan fingerprint density at radius 2 is 2.06 bits per heavy atom. The normalized spacial score (nSPS) is 26.6. The minimum atomic E-state index is -0.425. The summed E-state index contributed by atoms with van der Waals surface area (Å²) >= 11 is 6.12. The van der Waals surface area contributed by atoms with Crippen molar-refractivity contribution in [3.63, 3.8) is 0 Å². The first-order valence-corrected chi connectivity index (χ1v) is 5.90. The van der Waals surface area contributed by atoms with Crippen LogP contribution in [0.2, 0.25) is 5.02 Å². The molecule has 3 rings (SSSR count). The molecule has 17 heavy (non-hydrogen) atoms. The predicted molar refractivity (Wildman–Crippen MR) is 62.8 cm³/mol. The van der Waals surface area contributed by atoms with Crippen molar-refractivity contribution in [3.8, 4) is 0 Å². The molecule has 0 radical (unpaired) electrons. The van der Waals surface area contributed by atoms with Crippen LogP contribution >= 0.6 is 11.6 Å². The van der Waals surface area contributed by atoms with Gasteiger partial charge in [0.15, 0.2) is 0 Å². The summed E-state index contributed by atoms with van der Waals surface area (Å²) in [5.74, 6) is -0.125. The SMILES string of the molecule is O=C1NC(=O)C(C2Cc3cccc(Cl)c3C2)N1. The van der Waals surface area contributed by atoms with E-state index in [1.165, 1.54) is 5.56 Å². The molecular weight excluding hydrogens is 240 g/mol. The van der Waals surface area contributed by atoms with E-state index in [4.69, 9.17) is 11.6 Å². The Bertz CT molecular complexity index is 515. The maximum Gasteiger partial charge on any atom is 0.322 e. The van der Waals surface area contributed by atoms with E-state index >= 15 is 0 Å². The summed E-state index contributed by atoms with van der Waals surface area (Å²) in [5.41, 5.74) is 2.28. The average Bonchev–Trinajstić information content (AvgIpc) is 2.82. The highest BCUT2D eigenvalue weighted by molar-refractivity contribution is 6.31. The molecule has 2 atom stereocenters. The molecule has 1 fully saturated rings. The second kappa shape index (κ2) is 3.74. The van der Waals surface area contributed by atoms with E-state index in [1.807, 2.05) is 18.2 Å². The van der Waals surface area contributed by atoms with Crippen LogP contribution in [-0.4, -0.2) is 18.0 Å². The smallest absolute Gasteiger partial charge is 0.322 e. The molecule has 1 heterocycles. The highest BCUT2D eigenvalue weighted by atomic mass is 35.5. The fraction of sp³-hybridized carbons (Fsp3) is 0.333. The minimum Gasteiger partial charge on any atom is -0.326 e. The van der Waals surface area contributed by atoms with Crippen LogP contribution in [0.1, 0.15) is 11.1 Å². The fourth-order valence-corrected chi connectivity index (χ4v) is 2.91. The number of fused-ring (bicyclic) bond motifs is 1. The van der Waals surface area contributed by atoms with Crippen molar-refractivity contribution < 1.29 is 9.59 Å². The summed E-state index contributed by atoms with van der Waals surface area (Å²) in [4.78, 5) is 22.7. The standard InChI is InChI=1S/C12H11ClN2O2/c13-9-3-1-2-6-4-7(5-8(6)9)10-11(16)15-12(17)14-10/h1-3,7,10H,4-5H2,(H2,14,15,16,17). The Hall–Kier alpha value is -1.55. The Morgan fingerprint density at radius 3 is 2.71 bits per heavy atom. The predicted octanol–water partition coefficient (Wildman–Crippen LogP) is 1.26. The summed E-state index contributed by atoms with van der Waals surface area (Å²) < 4.78 is 0. The third kappa shape index (κ3) is 1.69. The van der Waals surface area contributed by atoms with Crippen LogP contribution < -0.4 is 10.6 Å². The summed E-state index contributed by atoms with van der Waals surface area (Å²) in [7, 11) is 0. The molecule has 5 heteroatoms. The van der Waals surface area contributed by atoms with Gasteiger partial charge < -0.3 is 5.32 Å². The lowest BCUT2D eigenvalue weighted by atomic mass is 9.97. The Labute approximate surface area is 103 Å². The quantitative estimate of drug-likeness (QED) is 0.738. The van der Waals surface area contributed by atoms with Crippen LogP contribution in [0.25, 0.3) is 0 Å². The topological polar surface area (TPSA) is 58.2 Å². The van der Waals surface area contributed by atoms with Crippen LogP contribution in [0.4, 0.5) is 4.79 Å². The molecular formula is C12H11ClN2O2. The van der Waals surface area contributed by atoms with Crippen molar-refractivity contribution in [2.75, 3.05) is 0 Å². The zero-order valence-electron chi connectivity index (χ0n) is 9.00. The maximum absolute atomic E-state index is 11.6. The highest BCUT2D eigenvalue weighted by Crippen LogP contribution is 2.34. The van der Waals surface area contributed by atoms with Crippen LogP contribution in [0, 0.1) is 5.92 Å². The second-order valence-corrected chi connectivity index (χ2v) is 4.89. The minimum absolute atomic E-state index is 0.108. The van der Waals surface area contributed by atoms with Crippen molar-refractivity contribution in [2.45, 2.75) is 18.9 Å². The Balaban J connectivity index is 1.85. The largest absolute Gasteiger partial charge is 0.326 e. The number of nitrogens with one attached hydrogen (secondary N) is 2. The summed E-state index contributed by atoms with van der Waals surface area (Å²) in [6.07, 6.45) is 1.53. The third-order valence-corrected chi connectivity index (χ3v) is 3.80. The summed E-state index contributed by atoms with van der Waals surface area (Å²) in [5, 5.41) is 5.67. The van der Waals surface area contributed by atoms with Crippen molar-refractivity contribution in [1.82, 2.24) is 10.6 Å². The summed E-state index contributed by atoms with van der Waals surface area (Å²) in [6, 6.07) is 4.97. The first kappa shape index (κ1) is 10.6. The lowest BCUT2D eigenvalue weighted by Crippen LogP contribution is -2.37. The zero-order chi connectivity index (χ0) is 12.0. The van der Waals surface area contributed by atoms with Gasteiger partial charge in [0.1, 0.15) is 6.04 Å². The summed E-state index contributed by atoms with van der Waals surface area (Å²) in [6.45, 7) is 0. The van der Waals surface area contributed by atoms with E-state index in [9.17, 15) is 9.59 Å². The van der Waals surface area contributed by atoms with Gasteiger partial charge in [-0.05, 0) is 36.0 Å². The Kier molecular flexibility index (Phi) is 2.33. The van der Waals surface area contributed by atoms with Gasteiger partial charge in [-0.3, -0.25) is 10.1 Å². The number of halogens is 1. The van der Waals surface area contributed by atoms with E-state index in [0.717, 1.165) is 23.4 Å². The number of amides is 3. The van der Waals surface area contributed by atoms with Gasteiger partial charge >= 0.3 is 6.03 Å². The van der Waals surface area contributed by atoms with E-state index in [1.54, 1.807) is 0 Å². The van der Waals surface area contributed by atoms with Crippen molar-refractivity contribution >= 4 is 23.5 Å². The number of carbonyl (C=O) groups is 2. The van der Waals surface area contributed by atoms with Gasteiger partial charge in [-0.1, -0.05) is 23.7 Å². The van der Waals surface area contributed by atoms with Crippen molar-refractivity contribution in [1.29, 1.82) is 0 Å². The van der Waals surface area contributed by atoms with Gasteiger partial charge in [0.2, 0.25) is 0 Å². The van der Waals surface area contributed by atoms with Gasteiger partial charge in [-0.2, -0.15) is 0 Å². The molecule has 0 saturated carbocycles. The van der Waals surface area contributed by atoms with E-state index in [-0.39, 0.29) is 11.8 Å². The fourth-order valence-electron chi connectivity index (χ4n) is 2.64. The maximum atomic E-state index is 11.6. The number of carbonyl (C=O) groups excluding carboxylic acids is 2. The molecule has 88 valence electrons. The molecule has 0 spiro atoms. The molecule has 1 aliphatic heterocycles. The van der Waals surface area contributed by atoms with Gasteiger partial charge in [0.25, 0.3) is 5.91 Å². The molecule has 2 N–H and O–H groups in total. The molecule has 0 aromatic heterocycles. The lowest BCUT2D eigenvalue weighted by molar-refractivity contribution is -0.121. The molecule has 3 amide bonds. The number of rotatable bonds is 1. The van der Waals surface area contributed by atoms with Gasteiger partial charge in [-0.15, -0.1) is 0 Å². The van der Waals surface area contributed by atoms with Crippen LogP contribution in [0.3, 0.4) is 0 Å². The third-order valence-electron chi connectivity index (χ3n) is 3.44. The lowest BCUT2D eigenvalue weighted by Gasteiger charge is -2.14. The number of imide groups is 1. The van der Waals surface area contributed by atoms with Crippen LogP contribution in [0.15, 0.2) is 18.2 Å². The van der Waals surface area contributed by atoms with E-state index in [0.29, 0.717) is 0 Å². The second-order valence-electron chi connectivity index (χ2n) is 4.49. The molecule has 4 nitrogen and oxygen atoms in total. The number of urea groups is 1. The molecule has 2 unspecified atom stereocenters. The molecule has 1 aromatic rings. The highest BCUT2D eigenvalue weighted by Gasteiger charge is 2.39. The zero-order valence-corrected chi connectivity index (χ0v) is 9.75. The molecule has 0 bridgehead atoms. The first-order valence-electron chi connectivity index (χ1n) is 5.53. The van der Waals surface area contributed by atoms with E-state index in [2.05, 4.69) is 10.6 Å².